The molecule has 0 aliphatic rings. The Balaban J connectivity index is 1.80. The van der Waals surface area contributed by atoms with Gasteiger partial charge in [0.15, 0.2) is 0 Å². The summed E-state index contributed by atoms with van der Waals surface area (Å²) in [6.45, 7) is 2.61. The highest BCUT2D eigenvalue weighted by Gasteiger charge is 2.07. The largest absolute Gasteiger partial charge is 0.367 e. The lowest BCUT2D eigenvalue weighted by Gasteiger charge is -2.08. The van der Waals surface area contributed by atoms with Crippen LogP contribution in [0.1, 0.15) is 16.3 Å². The quantitative estimate of drug-likeness (QED) is 0.825. The van der Waals surface area contributed by atoms with Crippen molar-refractivity contribution in [3.8, 4) is 0 Å². The Morgan fingerprint density at radius 2 is 2.10 bits per heavy atom. The van der Waals surface area contributed by atoms with E-state index in [2.05, 4.69) is 25.6 Å². The van der Waals surface area contributed by atoms with Crippen LogP contribution in [-0.2, 0) is 0 Å². The van der Waals surface area contributed by atoms with E-state index in [1.54, 1.807) is 25.3 Å². The van der Waals surface area contributed by atoms with Crippen molar-refractivity contribution in [3.63, 3.8) is 0 Å². The lowest BCUT2D eigenvalue weighted by Crippen LogP contribution is -2.29. The number of carbonyl (C=O) groups excluding carboxylic acids is 1. The number of nitrogens with zero attached hydrogens (tertiary/aromatic N) is 3. The maximum absolute atomic E-state index is 11.8. The van der Waals surface area contributed by atoms with Crippen LogP contribution in [-0.4, -0.2) is 33.9 Å². The molecule has 6 nitrogen and oxygen atoms in total. The van der Waals surface area contributed by atoms with Gasteiger partial charge in [0.05, 0.1) is 10.0 Å². The number of amides is 1. The van der Waals surface area contributed by atoms with Gasteiger partial charge in [0, 0.05) is 25.5 Å². The summed E-state index contributed by atoms with van der Waals surface area (Å²) in [7, 11) is 0. The summed E-state index contributed by atoms with van der Waals surface area (Å²) in [5, 5.41) is 6.65. The van der Waals surface area contributed by atoms with E-state index in [4.69, 9.17) is 23.2 Å². The molecule has 0 radical (unpaired) electrons. The average molecular weight is 326 g/mol. The summed E-state index contributed by atoms with van der Waals surface area (Å²) in [5.41, 5.74) is 0.338. The fourth-order valence-corrected chi connectivity index (χ4v) is 2.02. The van der Waals surface area contributed by atoms with Crippen LogP contribution in [0.3, 0.4) is 0 Å². The zero-order valence-electron chi connectivity index (χ0n) is 11.2. The minimum absolute atomic E-state index is 0.252. The monoisotopic (exact) mass is 325 g/mol. The Morgan fingerprint density at radius 3 is 2.81 bits per heavy atom. The number of anilines is 1. The average Bonchev–Trinajstić information content (AvgIpc) is 2.45. The third-order valence-electron chi connectivity index (χ3n) is 2.52. The number of nitrogens with one attached hydrogen (secondary N) is 2. The van der Waals surface area contributed by atoms with Crippen molar-refractivity contribution in [2.75, 3.05) is 18.4 Å². The lowest BCUT2D eigenvalue weighted by molar-refractivity contribution is 0.0950. The summed E-state index contributed by atoms with van der Waals surface area (Å²) in [5.74, 6) is 0.823. The topological polar surface area (TPSA) is 79.8 Å². The van der Waals surface area contributed by atoms with E-state index in [1.807, 2.05) is 0 Å². The molecule has 0 unspecified atom stereocenters. The predicted octanol–water partition coefficient (Wildman–Crippen LogP) is 2.33. The van der Waals surface area contributed by atoms with E-state index >= 15 is 0 Å². The van der Waals surface area contributed by atoms with Crippen LogP contribution < -0.4 is 10.6 Å². The highest BCUT2D eigenvalue weighted by atomic mass is 35.5. The smallest absolute Gasteiger partial charge is 0.270 e. The van der Waals surface area contributed by atoms with E-state index in [-0.39, 0.29) is 5.91 Å². The zero-order chi connectivity index (χ0) is 15.2. The number of pyridine rings is 1. The van der Waals surface area contributed by atoms with Gasteiger partial charge >= 0.3 is 0 Å². The second kappa shape index (κ2) is 7.19. The highest BCUT2D eigenvalue weighted by Crippen LogP contribution is 2.21. The molecular weight excluding hydrogens is 313 g/mol. The van der Waals surface area contributed by atoms with Crippen LogP contribution in [0.15, 0.2) is 24.5 Å². The van der Waals surface area contributed by atoms with Crippen LogP contribution in [0, 0.1) is 6.92 Å². The molecule has 0 aromatic carbocycles. The molecule has 2 rings (SSSR count). The van der Waals surface area contributed by atoms with E-state index in [9.17, 15) is 4.79 Å². The fraction of sp³-hybridized carbons (Fsp3) is 0.231. The normalized spacial score (nSPS) is 10.2. The van der Waals surface area contributed by atoms with Crippen LogP contribution in [0.5, 0.6) is 0 Å². The Bertz CT molecular complexity index is 650. The molecule has 2 aromatic heterocycles. The lowest BCUT2D eigenvalue weighted by atomic mass is 10.3. The maximum atomic E-state index is 11.8. The first-order chi connectivity index (χ1) is 10.1. The predicted molar refractivity (Wildman–Crippen MR) is 81.8 cm³/mol. The summed E-state index contributed by atoms with van der Waals surface area (Å²) in [6.07, 6.45) is 3.05. The molecule has 0 bridgehead atoms. The van der Waals surface area contributed by atoms with Gasteiger partial charge in [-0.25, -0.2) is 15.0 Å². The fourth-order valence-electron chi connectivity index (χ4n) is 1.57. The molecule has 2 heterocycles. The van der Waals surface area contributed by atoms with Crippen molar-refractivity contribution in [2.24, 2.45) is 0 Å². The van der Waals surface area contributed by atoms with Gasteiger partial charge < -0.3 is 10.6 Å². The van der Waals surface area contributed by atoms with Crippen molar-refractivity contribution in [1.29, 1.82) is 0 Å². The third kappa shape index (κ3) is 4.54. The first-order valence-electron chi connectivity index (χ1n) is 6.19. The molecule has 0 fully saturated rings. The number of carbonyl (C=O) groups is 1. The van der Waals surface area contributed by atoms with Crippen LogP contribution in [0.2, 0.25) is 10.0 Å². The Hall–Kier alpha value is -1.92. The molecule has 0 saturated heterocycles. The number of aromatic nitrogens is 3. The number of halogens is 2. The third-order valence-corrected chi connectivity index (χ3v) is 3.01. The van der Waals surface area contributed by atoms with E-state index in [0.29, 0.717) is 40.5 Å². The molecule has 0 spiro atoms. The Labute approximate surface area is 131 Å². The molecular formula is C13H13Cl2N5O. The summed E-state index contributed by atoms with van der Waals surface area (Å²) in [4.78, 5) is 23.9. The summed E-state index contributed by atoms with van der Waals surface area (Å²) >= 11 is 11.7. The second-order valence-corrected chi connectivity index (χ2v) is 5.00. The number of aryl methyl sites for hydroxylation is 1. The van der Waals surface area contributed by atoms with Crippen molar-refractivity contribution >= 4 is 34.9 Å². The van der Waals surface area contributed by atoms with Gasteiger partial charge in [-0.3, -0.25) is 4.79 Å². The number of hydrogen-bond acceptors (Lipinski definition) is 5. The number of hydrogen-bond donors (Lipinski definition) is 2. The van der Waals surface area contributed by atoms with E-state index in [0.717, 1.165) is 0 Å². The SMILES string of the molecule is Cc1nccc(C(=O)NCCNc2ncc(Cl)cc2Cl)n1. The van der Waals surface area contributed by atoms with Gasteiger partial charge in [-0.15, -0.1) is 0 Å². The van der Waals surface area contributed by atoms with E-state index in [1.165, 1.54) is 6.20 Å². The summed E-state index contributed by atoms with van der Waals surface area (Å²) in [6, 6.07) is 3.16. The minimum atomic E-state index is -0.252. The van der Waals surface area contributed by atoms with Gasteiger partial charge in [0.2, 0.25) is 0 Å². The molecule has 0 saturated carbocycles. The molecule has 0 atom stereocenters. The standard InChI is InChI=1S/C13H13Cl2N5O/c1-8-16-3-2-11(20-8)13(21)18-5-4-17-12-10(15)6-9(14)7-19-12/h2-3,6-7H,4-5H2,1H3,(H,17,19)(H,18,21). The van der Waals surface area contributed by atoms with Crippen LogP contribution in [0.4, 0.5) is 5.82 Å². The van der Waals surface area contributed by atoms with Gasteiger partial charge in [-0.05, 0) is 19.1 Å². The molecule has 110 valence electrons. The zero-order valence-corrected chi connectivity index (χ0v) is 12.7. The minimum Gasteiger partial charge on any atom is -0.367 e. The Kier molecular flexibility index (Phi) is 5.30. The second-order valence-electron chi connectivity index (χ2n) is 4.16. The highest BCUT2D eigenvalue weighted by molar-refractivity contribution is 6.35. The summed E-state index contributed by atoms with van der Waals surface area (Å²) < 4.78 is 0. The molecule has 2 aromatic rings. The van der Waals surface area contributed by atoms with Crippen molar-refractivity contribution in [1.82, 2.24) is 20.3 Å². The maximum Gasteiger partial charge on any atom is 0.270 e. The molecule has 2 N–H and O–H groups in total. The van der Waals surface area contributed by atoms with Crippen LogP contribution in [0.25, 0.3) is 0 Å². The van der Waals surface area contributed by atoms with Gasteiger partial charge in [-0.1, -0.05) is 23.2 Å². The number of rotatable bonds is 5. The molecule has 1 amide bonds. The molecule has 8 heteroatoms. The van der Waals surface area contributed by atoms with Crippen LogP contribution >= 0.6 is 23.2 Å². The first kappa shape index (κ1) is 15.5. The molecule has 21 heavy (non-hydrogen) atoms. The molecule has 0 aliphatic carbocycles. The first-order valence-corrected chi connectivity index (χ1v) is 6.94. The van der Waals surface area contributed by atoms with Crippen molar-refractivity contribution < 1.29 is 4.79 Å². The van der Waals surface area contributed by atoms with Crippen molar-refractivity contribution in [3.05, 3.63) is 46.1 Å². The van der Waals surface area contributed by atoms with E-state index < -0.39 is 0 Å². The van der Waals surface area contributed by atoms with Crippen molar-refractivity contribution in [2.45, 2.75) is 6.92 Å². The van der Waals surface area contributed by atoms with Gasteiger partial charge in [0.25, 0.3) is 5.91 Å². The molecule has 0 aliphatic heterocycles. The Morgan fingerprint density at radius 1 is 1.29 bits per heavy atom. The van der Waals surface area contributed by atoms with Gasteiger partial charge in [-0.2, -0.15) is 0 Å². The van der Waals surface area contributed by atoms with Gasteiger partial charge in [0.1, 0.15) is 17.3 Å².